The number of benzene rings is 1. The molecule has 2 amide bonds. The summed E-state index contributed by atoms with van der Waals surface area (Å²) in [4.78, 5) is 28.1. The van der Waals surface area contributed by atoms with E-state index in [1.54, 1.807) is 6.92 Å². The Morgan fingerprint density at radius 1 is 1.03 bits per heavy atom. The van der Waals surface area contributed by atoms with Gasteiger partial charge >= 0.3 is 0 Å². The minimum atomic E-state index is -0.513. The molecule has 0 radical (unpaired) electrons. The third-order valence-electron chi connectivity index (χ3n) is 7.05. The van der Waals surface area contributed by atoms with Crippen molar-refractivity contribution in [3.05, 3.63) is 35.4 Å². The summed E-state index contributed by atoms with van der Waals surface area (Å²) in [5.74, 6) is 0.467. The number of hydrogen-bond acceptors (Lipinski definition) is 4. The Balaban J connectivity index is 1.61. The number of rotatable bonds is 3. The maximum atomic E-state index is 13.3. The van der Waals surface area contributed by atoms with Crippen molar-refractivity contribution in [1.82, 2.24) is 15.5 Å². The van der Waals surface area contributed by atoms with E-state index in [1.165, 1.54) is 11.1 Å². The molecule has 6 nitrogen and oxygen atoms in total. The van der Waals surface area contributed by atoms with E-state index in [0.29, 0.717) is 19.1 Å². The molecule has 2 N–H and O–H groups in total. The lowest BCUT2D eigenvalue weighted by Gasteiger charge is -2.41. The Bertz CT molecular complexity index is 739. The van der Waals surface area contributed by atoms with Crippen molar-refractivity contribution in [2.75, 3.05) is 32.8 Å². The van der Waals surface area contributed by atoms with E-state index in [9.17, 15) is 9.59 Å². The molecule has 0 saturated carbocycles. The van der Waals surface area contributed by atoms with E-state index in [2.05, 4.69) is 53.6 Å². The van der Waals surface area contributed by atoms with Gasteiger partial charge in [0, 0.05) is 26.3 Å². The van der Waals surface area contributed by atoms with Crippen molar-refractivity contribution >= 4 is 11.8 Å². The van der Waals surface area contributed by atoms with Crippen molar-refractivity contribution in [2.45, 2.75) is 77.8 Å². The normalized spacial score (nSPS) is 24.1. The molecule has 0 unspecified atom stereocenters. The van der Waals surface area contributed by atoms with Crippen LogP contribution >= 0.6 is 0 Å². The molecule has 2 saturated heterocycles. The maximum absolute atomic E-state index is 13.3. The zero-order chi connectivity index (χ0) is 23.0. The number of carbonyl (C=O) groups is 2. The molecule has 178 valence electrons. The van der Waals surface area contributed by atoms with E-state index in [4.69, 9.17) is 4.74 Å². The van der Waals surface area contributed by atoms with E-state index >= 15 is 0 Å². The zero-order valence-electron chi connectivity index (χ0n) is 20.1. The van der Waals surface area contributed by atoms with Crippen LogP contribution in [0.4, 0.5) is 0 Å². The minimum absolute atomic E-state index is 0.0408. The average Bonchev–Trinajstić information content (AvgIpc) is 2.78. The summed E-state index contributed by atoms with van der Waals surface area (Å²) >= 11 is 0. The molecule has 32 heavy (non-hydrogen) atoms. The first-order valence-electron chi connectivity index (χ1n) is 12.4. The Morgan fingerprint density at radius 3 is 2.41 bits per heavy atom. The van der Waals surface area contributed by atoms with Gasteiger partial charge in [-0.05, 0) is 69.2 Å². The standard InChI is InChI=1S/C26H41N3O3/c1-20(2)23-9-7-22(8-10-23)19-29-15-12-26(13-16-29)11-4-5-17-32-18-6-14-27-24(30)21(3)28-25(26)31/h7-10,20-21H,4-6,11-19H2,1-3H3,(H,27,30)(H,28,31)/t21-/m0/s1. The first kappa shape index (κ1) is 24.7. The summed E-state index contributed by atoms with van der Waals surface area (Å²) in [6.45, 7) is 10.9. The number of nitrogens with one attached hydrogen (secondary N) is 2. The molecule has 2 heterocycles. The molecule has 3 rings (SSSR count). The highest BCUT2D eigenvalue weighted by molar-refractivity contribution is 5.89. The molecule has 0 bridgehead atoms. The highest BCUT2D eigenvalue weighted by Gasteiger charge is 2.41. The van der Waals surface area contributed by atoms with Gasteiger partial charge in [0.1, 0.15) is 6.04 Å². The van der Waals surface area contributed by atoms with Gasteiger partial charge in [0.05, 0.1) is 5.41 Å². The highest BCUT2D eigenvalue weighted by Crippen LogP contribution is 2.37. The fourth-order valence-electron chi connectivity index (χ4n) is 4.72. The first-order valence-corrected chi connectivity index (χ1v) is 12.4. The van der Waals surface area contributed by atoms with Gasteiger partial charge in [-0.2, -0.15) is 0 Å². The van der Waals surface area contributed by atoms with Crippen LogP contribution in [0.5, 0.6) is 0 Å². The molecule has 2 aliphatic rings. The first-order chi connectivity index (χ1) is 15.4. The molecule has 2 aliphatic heterocycles. The Morgan fingerprint density at radius 2 is 1.72 bits per heavy atom. The van der Waals surface area contributed by atoms with E-state index in [0.717, 1.165) is 64.8 Å². The Labute approximate surface area is 193 Å². The minimum Gasteiger partial charge on any atom is -0.381 e. The lowest BCUT2D eigenvalue weighted by atomic mass is 9.73. The van der Waals surface area contributed by atoms with Gasteiger partial charge in [0.15, 0.2) is 0 Å². The van der Waals surface area contributed by atoms with Crippen LogP contribution < -0.4 is 10.6 Å². The van der Waals surface area contributed by atoms with Gasteiger partial charge in [-0.15, -0.1) is 0 Å². The smallest absolute Gasteiger partial charge is 0.242 e. The Kier molecular flexibility index (Phi) is 9.11. The lowest BCUT2D eigenvalue weighted by Crippen LogP contribution is -2.53. The van der Waals surface area contributed by atoms with Crippen LogP contribution in [-0.4, -0.2) is 55.6 Å². The molecule has 1 spiro atoms. The van der Waals surface area contributed by atoms with Crippen LogP contribution in [0.25, 0.3) is 0 Å². The summed E-state index contributed by atoms with van der Waals surface area (Å²) in [7, 11) is 0. The number of carbonyl (C=O) groups excluding carboxylic acids is 2. The molecule has 1 atom stereocenters. The second kappa shape index (κ2) is 11.8. The average molecular weight is 444 g/mol. The topological polar surface area (TPSA) is 70.7 Å². The SMILES string of the molecule is CC(C)c1ccc(CN2CCC3(CCCCOCCCNC(=O)[C@H](C)NC3=O)CC2)cc1. The van der Waals surface area contributed by atoms with Crippen LogP contribution in [0.2, 0.25) is 0 Å². The summed E-state index contributed by atoms with van der Waals surface area (Å²) in [5.41, 5.74) is 2.30. The maximum Gasteiger partial charge on any atom is 0.242 e. The van der Waals surface area contributed by atoms with Crippen molar-refractivity contribution in [3.8, 4) is 0 Å². The molecule has 6 heteroatoms. The predicted octanol–water partition coefficient (Wildman–Crippen LogP) is 3.60. The van der Waals surface area contributed by atoms with Gasteiger partial charge in [-0.1, -0.05) is 44.5 Å². The fourth-order valence-corrected chi connectivity index (χ4v) is 4.72. The summed E-state index contributed by atoms with van der Waals surface area (Å²) in [6, 6.07) is 8.40. The number of nitrogens with zero attached hydrogens (tertiary/aromatic N) is 1. The second-order valence-corrected chi connectivity index (χ2v) is 9.86. The van der Waals surface area contributed by atoms with E-state index < -0.39 is 11.5 Å². The molecule has 0 aromatic heterocycles. The van der Waals surface area contributed by atoms with Crippen LogP contribution in [0.15, 0.2) is 24.3 Å². The van der Waals surface area contributed by atoms with Gasteiger partial charge in [0.2, 0.25) is 11.8 Å². The molecule has 2 fully saturated rings. The number of hydrogen-bond donors (Lipinski definition) is 2. The fraction of sp³-hybridized carbons (Fsp3) is 0.692. The summed E-state index contributed by atoms with van der Waals surface area (Å²) in [5, 5.41) is 5.93. The van der Waals surface area contributed by atoms with Crippen LogP contribution in [-0.2, 0) is 20.9 Å². The summed E-state index contributed by atoms with van der Waals surface area (Å²) in [6.07, 6.45) is 5.27. The lowest BCUT2D eigenvalue weighted by molar-refractivity contribution is -0.138. The number of ether oxygens (including phenoxy) is 1. The van der Waals surface area contributed by atoms with Gasteiger partial charge < -0.3 is 15.4 Å². The molecular formula is C26H41N3O3. The molecule has 1 aromatic rings. The van der Waals surface area contributed by atoms with Crippen molar-refractivity contribution in [3.63, 3.8) is 0 Å². The van der Waals surface area contributed by atoms with Crippen LogP contribution in [0, 0.1) is 5.41 Å². The number of piperidine rings is 1. The zero-order valence-corrected chi connectivity index (χ0v) is 20.1. The molecular weight excluding hydrogens is 402 g/mol. The molecule has 0 aliphatic carbocycles. The van der Waals surface area contributed by atoms with Gasteiger partial charge in [-0.3, -0.25) is 14.5 Å². The van der Waals surface area contributed by atoms with E-state index in [-0.39, 0.29) is 11.8 Å². The van der Waals surface area contributed by atoms with Crippen molar-refractivity contribution < 1.29 is 14.3 Å². The quantitative estimate of drug-likeness (QED) is 0.749. The largest absolute Gasteiger partial charge is 0.381 e. The monoisotopic (exact) mass is 443 g/mol. The van der Waals surface area contributed by atoms with E-state index in [1.807, 2.05) is 0 Å². The predicted molar refractivity (Wildman–Crippen MR) is 127 cm³/mol. The van der Waals surface area contributed by atoms with Gasteiger partial charge in [-0.25, -0.2) is 0 Å². The van der Waals surface area contributed by atoms with Crippen LogP contribution in [0.1, 0.15) is 76.3 Å². The molecule has 1 aromatic carbocycles. The third kappa shape index (κ3) is 6.79. The van der Waals surface area contributed by atoms with Crippen molar-refractivity contribution in [1.29, 1.82) is 0 Å². The second-order valence-electron chi connectivity index (χ2n) is 9.86. The van der Waals surface area contributed by atoms with Crippen LogP contribution in [0.3, 0.4) is 0 Å². The Hall–Kier alpha value is -1.92. The highest BCUT2D eigenvalue weighted by atomic mass is 16.5. The number of amides is 2. The van der Waals surface area contributed by atoms with Crippen molar-refractivity contribution in [2.24, 2.45) is 5.41 Å². The number of likely N-dealkylation sites (tertiary alicyclic amines) is 1. The summed E-state index contributed by atoms with van der Waals surface area (Å²) < 4.78 is 5.69. The van der Waals surface area contributed by atoms with Gasteiger partial charge in [0.25, 0.3) is 0 Å². The third-order valence-corrected chi connectivity index (χ3v) is 7.05.